The van der Waals surface area contributed by atoms with Crippen molar-refractivity contribution in [3.05, 3.63) is 58.6 Å². The Hall–Kier alpha value is -2.34. The number of hydrogen-bond acceptors (Lipinski definition) is 4. The van der Waals surface area contributed by atoms with Gasteiger partial charge in [0.2, 0.25) is 0 Å². The van der Waals surface area contributed by atoms with Crippen LogP contribution in [-0.4, -0.2) is 25.0 Å². The van der Waals surface area contributed by atoms with Gasteiger partial charge in [-0.1, -0.05) is 37.6 Å². The Bertz CT molecular complexity index is 734. The van der Waals surface area contributed by atoms with E-state index >= 15 is 0 Å². The summed E-state index contributed by atoms with van der Waals surface area (Å²) >= 11 is 3.35. The maximum atomic E-state index is 12.3. The lowest BCUT2D eigenvalue weighted by molar-refractivity contribution is -0.119. The third-order valence-electron chi connectivity index (χ3n) is 3.48. The van der Waals surface area contributed by atoms with Gasteiger partial charge in [-0.05, 0) is 46.6 Å². The Balaban J connectivity index is 1.91. The highest BCUT2D eigenvalue weighted by atomic mass is 79.9. The van der Waals surface area contributed by atoms with Crippen molar-refractivity contribution in [1.82, 2.24) is 0 Å². The Morgan fingerprint density at radius 3 is 2.44 bits per heavy atom. The summed E-state index contributed by atoms with van der Waals surface area (Å²) in [5.74, 6) is -0.918. The van der Waals surface area contributed by atoms with Crippen LogP contribution in [0.3, 0.4) is 0 Å². The van der Waals surface area contributed by atoms with E-state index in [1.807, 2.05) is 30.3 Å². The molecule has 0 saturated heterocycles. The molecule has 2 aromatic carbocycles. The van der Waals surface area contributed by atoms with Crippen molar-refractivity contribution >= 4 is 39.2 Å². The van der Waals surface area contributed by atoms with Crippen LogP contribution in [0.1, 0.15) is 30.1 Å². The predicted molar refractivity (Wildman–Crippen MR) is 103 cm³/mol. The second-order valence-electron chi connectivity index (χ2n) is 5.43. The molecule has 0 radical (unpaired) electrons. The molecule has 1 amide bonds. The monoisotopic (exact) mass is 404 g/mol. The number of nitrogens with one attached hydrogen (secondary N) is 2. The average Bonchev–Trinajstić information content (AvgIpc) is 2.62. The number of rotatable bonds is 8. The number of unbranched alkanes of at least 4 members (excludes halogenated alkanes) is 1. The van der Waals surface area contributed by atoms with Gasteiger partial charge >= 0.3 is 5.97 Å². The van der Waals surface area contributed by atoms with Gasteiger partial charge in [0.15, 0.2) is 6.61 Å². The molecule has 2 N–H and O–H groups in total. The van der Waals surface area contributed by atoms with E-state index in [1.165, 1.54) is 0 Å². The minimum atomic E-state index is -0.526. The van der Waals surface area contributed by atoms with E-state index in [0.717, 1.165) is 23.9 Å². The first kappa shape index (κ1) is 19.0. The summed E-state index contributed by atoms with van der Waals surface area (Å²) in [7, 11) is 0. The van der Waals surface area contributed by atoms with E-state index < -0.39 is 11.9 Å². The van der Waals surface area contributed by atoms with E-state index in [-0.39, 0.29) is 6.61 Å². The number of carbonyl (C=O) groups is 2. The molecule has 0 aliphatic heterocycles. The predicted octanol–water partition coefficient (Wildman–Crippen LogP) is 4.46. The molecule has 0 saturated carbocycles. The van der Waals surface area contributed by atoms with Gasteiger partial charge in [-0.15, -0.1) is 0 Å². The second kappa shape index (κ2) is 9.84. The molecule has 132 valence electrons. The fourth-order valence-electron chi connectivity index (χ4n) is 2.17. The van der Waals surface area contributed by atoms with Crippen LogP contribution in [0.5, 0.6) is 0 Å². The van der Waals surface area contributed by atoms with Crippen LogP contribution in [0.15, 0.2) is 53.0 Å². The van der Waals surface area contributed by atoms with Gasteiger partial charge in [0.05, 0.1) is 11.3 Å². The van der Waals surface area contributed by atoms with E-state index in [2.05, 4.69) is 33.5 Å². The van der Waals surface area contributed by atoms with Crippen molar-refractivity contribution in [1.29, 1.82) is 0 Å². The van der Waals surface area contributed by atoms with Gasteiger partial charge < -0.3 is 15.4 Å². The van der Waals surface area contributed by atoms with Gasteiger partial charge in [-0.3, -0.25) is 4.79 Å². The molecule has 0 spiro atoms. The number of halogens is 1. The Labute approximate surface area is 155 Å². The highest BCUT2D eigenvalue weighted by Crippen LogP contribution is 2.21. The lowest BCUT2D eigenvalue weighted by Crippen LogP contribution is -2.21. The first-order valence-corrected chi connectivity index (χ1v) is 8.95. The fraction of sp³-hybridized carbons (Fsp3) is 0.263. The normalized spacial score (nSPS) is 10.2. The van der Waals surface area contributed by atoms with Crippen molar-refractivity contribution in [3.63, 3.8) is 0 Å². The number of benzene rings is 2. The number of ether oxygens (including phenoxy) is 1. The van der Waals surface area contributed by atoms with Crippen molar-refractivity contribution in [2.45, 2.75) is 19.8 Å². The Morgan fingerprint density at radius 2 is 1.72 bits per heavy atom. The van der Waals surface area contributed by atoms with Crippen LogP contribution in [0.25, 0.3) is 0 Å². The van der Waals surface area contributed by atoms with E-state index in [0.29, 0.717) is 16.9 Å². The van der Waals surface area contributed by atoms with E-state index in [4.69, 9.17) is 4.74 Å². The minimum absolute atomic E-state index is 0.344. The molecule has 0 unspecified atom stereocenters. The number of carbonyl (C=O) groups excluding carboxylic acids is 2. The number of anilines is 2. The van der Waals surface area contributed by atoms with Crippen LogP contribution in [0.2, 0.25) is 0 Å². The molecule has 0 bridgehead atoms. The molecule has 2 aromatic rings. The third kappa shape index (κ3) is 5.90. The van der Waals surface area contributed by atoms with Crippen LogP contribution in [0.4, 0.5) is 11.4 Å². The lowest BCUT2D eigenvalue weighted by Gasteiger charge is -2.12. The molecule has 0 heterocycles. The average molecular weight is 405 g/mol. The molecule has 2 rings (SSSR count). The van der Waals surface area contributed by atoms with E-state index in [1.54, 1.807) is 18.2 Å². The molecule has 25 heavy (non-hydrogen) atoms. The van der Waals surface area contributed by atoms with E-state index in [9.17, 15) is 9.59 Å². The molecule has 5 nitrogen and oxygen atoms in total. The molecule has 0 atom stereocenters. The molecule has 0 aromatic heterocycles. The Morgan fingerprint density at radius 1 is 1.04 bits per heavy atom. The Kier molecular flexibility index (Phi) is 7.47. The summed E-state index contributed by atoms with van der Waals surface area (Å²) in [6.45, 7) is 2.54. The van der Waals surface area contributed by atoms with Crippen molar-refractivity contribution in [2.24, 2.45) is 0 Å². The SMILES string of the molecule is CCCCNc1ccccc1C(=O)OCC(=O)Nc1ccccc1Br. The van der Waals surface area contributed by atoms with Gasteiger partial charge in [-0.2, -0.15) is 0 Å². The second-order valence-corrected chi connectivity index (χ2v) is 6.28. The smallest absolute Gasteiger partial charge is 0.340 e. The fourth-order valence-corrected chi connectivity index (χ4v) is 2.56. The zero-order valence-corrected chi connectivity index (χ0v) is 15.6. The zero-order valence-electron chi connectivity index (χ0n) is 14.0. The highest BCUT2D eigenvalue weighted by Gasteiger charge is 2.14. The van der Waals surface area contributed by atoms with Gasteiger partial charge in [0.25, 0.3) is 5.91 Å². The van der Waals surface area contributed by atoms with Crippen molar-refractivity contribution in [3.8, 4) is 0 Å². The van der Waals surface area contributed by atoms with Crippen molar-refractivity contribution < 1.29 is 14.3 Å². The van der Waals surface area contributed by atoms with Crippen LogP contribution in [0, 0.1) is 0 Å². The first-order valence-electron chi connectivity index (χ1n) is 8.16. The van der Waals surface area contributed by atoms with Crippen LogP contribution >= 0.6 is 15.9 Å². The molecule has 6 heteroatoms. The summed E-state index contributed by atoms with van der Waals surface area (Å²) in [6, 6.07) is 14.4. The van der Waals surface area contributed by atoms with Gasteiger partial charge in [-0.25, -0.2) is 4.79 Å². The van der Waals surface area contributed by atoms with Crippen LogP contribution in [-0.2, 0) is 9.53 Å². The molecular formula is C19H21BrN2O3. The molecule has 0 fully saturated rings. The summed E-state index contributed by atoms with van der Waals surface area (Å²) in [5, 5.41) is 5.92. The molecule has 0 aliphatic rings. The topological polar surface area (TPSA) is 67.4 Å². The maximum absolute atomic E-state index is 12.3. The summed E-state index contributed by atoms with van der Waals surface area (Å²) < 4.78 is 5.91. The highest BCUT2D eigenvalue weighted by molar-refractivity contribution is 9.10. The number of amides is 1. The van der Waals surface area contributed by atoms with Gasteiger partial charge in [0.1, 0.15) is 0 Å². The first-order chi connectivity index (χ1) is 12.1. The summed E-state index contributed by atoms with van der Waals surface area (Å²) in [5.41, 5.74) is 1.77. The largest absolute Gasteiger partial charge is 0.452 e. The zero-order chi connectivity index (χ0) is 18.1. The molecular weight excluding hydrogens is 384 g/mol. The minimum Gasteiger partial charge on any atom is -0.452 e. The lowest BCUT2D eigenvalue weighted by atomic mass is 10.1. The van der Waals surface area contributed by atoms with Crippen molar-refractivity contribution in [2.75, 3.05) is 23.8 Å². The molecule has 0 aliphatic carbocycles. The van der Waals surface area contributed by atoms with Crippen LogP contribution < -0.4 is 10.6 Å². The maximum Gasteiger partial charge on any atom is 0.340 e. The van der Waals surface area contributed by atoms with Gasteiger partial charge in [0, 0.05) is 16.7 Å². The number of hydrogen-bond donors (Lipinski definition) is 2. The number of esters is 1. The summed E-state index contributed by atoms with van der Waals surface area (Å²) in [6.07, 6.45) is 2.08. The number of para-hydroxylation sites is 2. The summed E-state index contributed by atoms with van der Waals surface area (Å²) in [4.78, 5) is 24.2. The third-order valence-corrected chi connectivity index (χ3v) is 4.17. The standard InChI is InChI=1S/C19H21BrN2O3/c1-2-3-12-21-16-10-6-4-8-14(16)19(24)25-13-18(23)22-17-11-7-5-9-15(17)20/h4-11,21H,2-3,12-13H2,1H3,(H,22,23). The quantitative estimate of drug-likeness (QED) is 0.503.